The molecule has 2 amide bonds. The Morgan fingerprint density at radius 1 is 1.24 bits per heavy atom. The number of amides is 2. The Morgan fingerprint density at radius 2 is 1.95 bits per heavy atom. The van der Waals surface area contributed by atoms with Gasteiger partial charge in [-0.15, -0.1) is 0 Å². The summed E-state index contributed by atoms with van der Waals surface area (Å²) in [5, 5.41) is 14.2. The van der Waals surface area contributed by atoms with Crippen molar-refractivity contribution >= 4 is 12.0 Å². The minimum absolute atomic E-state index is 0.159. The Kier molecular flexibility index (Phi) is 4.83. The van der Waals surface area contributed by atoms with Gasteiger partial charge >= 0.3 is 12.0 Å². The first kappa shape index (κ1) is 15.4. The number of carbonyl (C=O) groups is 2. The second-order valence-corrected chi connectivity index (χ2v) is 5.84. The number of aliphatic carboxylic acids is 1. The first-order chi connectivity index (χ1) is 9.97. The van der Waals surface area contributed by atoms with Gasteiger partial charge in [0.25, 0.3) is 0 Å². The van der Waals surface area contributed by atoms with E-state index in [1.54, 1.807) is 13.8 Å². The number of urea groups is 1. The summed E-state index contributed by atoms with van der Waals surface area (Å²) in [4.78, 5) is 22.8. The molecule has 1 aliphatic rings. The summed E-state index contributed by atoms with van der Waals surface area (Å²) in [6.45, 7) is 3.93. The highest BCUT2D eigenvalue weighted by Crippen LogP contribution is 2.22. The third-order valence-corrected chi connectivity index (χ3v) is 3.84. The molecule has 1 aromatic rings. The summed E-state index contributed by atoms with van der Waals surface area (Å²) in [5.41, 5.74) is 3.80. The van der Waals surface area contributed by atoms with Crippen molar-refractivity contribution in [2.45, 2.75) is 45.7 Å². The number of fused-ring (bicyclic) bond motifs is 1. The van der Waals surface area contributed by atoms with Crippen LogP contribution in [-0.4, -0.2) is 23.1 Å². The van der Waals surface area contributed by atoms with Gasteiger partial charge in [0, 0.05) is 6.54 Å². The molecule has 5 heteroatoms. The summed E-state index contributed by atoms with van der Waals surface area (Å²) in [5.74, 6) is -1.18. The van der Waals surface area contributed by atoms with E-state index in [1.807, 2.05) is 6.07 Å². The molecular formula is C16H22N2O3. The van der Waals surface area contributed by atoms with Crippen LogP contribution in [0.15, 0.2) is 18.2 Å². The van der Waals surface area contributed by atoms with Crippen LogP contribution in [0.2, 0.25) is 0 Å². The molecule has 0 saturated carbocycles. The van der Waals surface area contributed by atoms with Gasteiger partial charge in [-0.2, -0.15) is 0 Å². The molecule has 1 aromatic carbocycles. The number of carbonyl (C=O) groups excluding carboxylic acids is 1. The molecule has 0 bridgehead atoms. The van der Waals surface area contributed by atoms with Crippen molar-refractivity contribution in [2.24, 2.45) is 5.92 Å². The van der Waals surface area contributed by atoms with E-state index < -0.39 is 18.0 Å². The highest BCUT2D eigenvalue weighted by Gasteiger charge is 2.23. The van der Waals surface area contributed by atoms with Gasteiger partial charge in [0.1, 0.15) is 6.04 Å². The first-order valence-electron chi connectivity index (χ1n) is 7.35. The zero-order valence-electron chi connectivity index (χ0n) is 12.5. The number of nitrogens with one attached hydrogen (secondary N) is 2. The summed E-state index contributed by atoms with van der Waals surface area (Å²) in [6, 6.07) is 4.94. The Morgan fingerprint density at radius 3 is 2.62 bits per heavy atom. The Hall–Kier alpha value is -2.04. The average molecular weight is 290 g/mol. The number of carboxylic acids is 1. The number of hydrogen-bond donors (Lipinski definition) is 3. The lowest BCUT2D eigenvalue weighted by Gasteiger charge is -2.18. The van der Waals surface area contributed by atoms with Crippen LogP contribution in [0.4, 0.5) is 4.79 Å². The van der Waals surface area contributed by atoms with Crippen LogP contribution in [0.25, 0.3) is 0 Å². The normalized spacial score (nSPS) is 14.6. The highest BCUT2D eigenvalue weighted by atomic mass is 16.4. The number of rotatable bonds is 5. The van der Waals surface area contributed by atoms with Crippen molar-refractivity contribution < 1.29 is 14.7 Å². The van der Waals surface area contributed by atoms with Crippen molar-refractivity contribution in [3.05, 3.63) is 34.9 Å². The molecule has 114 valence electrons. The third kappa shape index (κ3) is 3.97. The first-order valence-corrected chi connectivity index (χ1v) is 7.35. The lowest BCUT2D eigenvalue weighted by atomic mass is 10.1. The minimum atomic E-state index is -1.02. The Labute approximate surface area is 124 Å². The van der Waals surface area contributed by atoms with Crippen LogP contribution in [0.5, 0.6) is 0 Å². The second kappa shape index (κ2) is 6.61. The number of aryl methyl sites for hydroxylation is 2. The van der Waals surface area contributed by atoms with Crippen LogP contribution < -0.4 is 10.6 Å². The zero-order chi connectivity index (χ0) is 15.4. The maximum Gasteiger partial charge on any atom is 0.326 e. The van der Waals surface area contributed by atoms with Crippen molar-refractivity contribution in [1.82, 2.24) is 10.6 Å². The molecule has 2 rings (SSSR count). The van der Waals surface area contributed by atoms with Gasteiger partial charge in [-0.05, 0) is 41.9 Å². The minimum Gasteiger partial charge on any atom is -0.480 e. The molecule has 5 nitrogen and oxygen atoms in total. The maximum absolute atomic E-state index is 11.8. The van der Waals surface area contributed by atoms with Crippen molar-refractivity contribution in [1.29, 1.82) is 0 Å². The molecule has 0 spiro atoms. The molecule has 0 heterocycles. The molecule has 1 atom stereocenters. The summed E-state index contributed by atoms with van der Waals surface area (Å²) in [6.07, 6.45) is 3.43. The molecule has 0 radical (unpaired) electrons. The predicted molar refractivity (Wildman–Crippen MR) is 80.1 cm³/mol. The number of benzene rings is 1. The lowest BCUT2D eigenvalue weighted by molar-refractivity contribution is -0.140. The fourth-order valence-electron chi connectivity index (χ4n) is 2.62. The molecule has 0 aromatic heterocycles. The van der Waals surface area contributed by atoms with Gasteiger partial charge in [0.2, 0.25) is 0 Å². The van der Waals surface area contributed by atoms with E-state index in [1.165, 1.54) is 17.5 Å². The number of carboxylic acid groups (broad SMARTS) is 1. The van der Waals surface area contributed by atoms with Crippen molar-refractivity contribution in [3.8, 4) is 0 Å². The van der Waals surface area contributed by atoms with E-state index in [9.17, 15) is 9.59 Å². The van der Waals surface area contributed by atoms with E-state index in [4.69, 9.17) is 5.11 Å². The van der Waals surface area contributed by atoms with E-state index in [0.717, 1.165) is 18.4 Å². The molecule has 0 fully saturated rings. The molecular weight excluding hydrogens is 268 g/mol. The quantitative estimate of drug-likeness (QED) is 0.777. The lowest BCUT2D eigenvalue weighted by Crippen LogP contribution is -2.48. The number of hydrogen-bond acceptors (Lipinski definition) is 2. The van der Waals surface area contributed by atoms with Crippen LogP contribution in [0.1, 0.15) is 37.0 Å². The van der Waals surface area contributed by atoms with Gasteiger partial charge in [0.15, 0.2) is 0 Å². The molecule has 1 aliphatic carbocycles. The summed E-state index contributed by atoms with van der Waals surface area (Å²) >= 11 is 0. The molecule has 0 aliphatic heterocycles. The monoisotopic (exact) mass is 290 g/mol. The molecule has 21 heavy (non-hydrogen) atoms. The van der Waals surface area contributed by atoms with E-state index in [0.29, 0.717) is 6.54 Å². The predicted octanol–water partition coefficient (Wildman–Crippen LogP) is 2.08. The fraction of sp³-hybridized carbons (Fsp3) is 0.500. The molecule has 1 unspecified atom stereocenters. The highest BCUT2D eigenvalue weighted by molar-refractivity contribution is 5.82. The SMILES string of the molecule is CC(C)C(NC(=O)NCc1ccc2c(c1)CCC2)C(=O)O. The topological polar surface area (TPSA) is 78.4 Å². The summed E-state index contributed by atoms with van der Waals surface area (Å²) in [7, 11) is 0. The second-order valence-electron chi connectivity index (χ2n) is 5.84. The average Bonchev–Trinajstić information content (AvgIpc) is 2.89. The van der Waals surface area contributed by atoms with Gasteiger partial charge < -0.3 is 15.7 Å². The standard InChI is InChI=1S/C16H22N2O3/c1-10(2)14(15(19)20)18-16(21)17-9-11-6-7-12-4-3-5-13(12)8-11/h6-8,10,14H,3-5,9H2,1-2H3,(H,19,20)(H2,17,18,21). The smallest absolute Gasteiger partial charge is 0.326 e. The van der Waals surface area contributed by atoms with Gasteiger partial charge in [-0.3, -0.25) is 0 Å². The fourth-order valence-corrected chi connectivity index (χ4v) is 2.62. The van der Waals surface area contributed by atoms with Gasteiger partial charge in [0.05, 0.1) is 0 Å². The largest absolute Gasteiger partial charge is 0.480 e. The molecule has 3 N–H and O–H groups in total. The van der Waals surface area contributed by atoms with Crippen molar-refractivity contribution in [2.75, 3.05) is 0 Å². The van der Waals surface area contributed by atoms with Crippen LogP contribution in [0, 0.1) is 5.92 Å². The van der Waals surface area contributed by atoms with Crippen molar-refractivity contribution in [3.63, 3.8) is 0 Å². The summed E-state index contributed by atoms with van der Waals surface area (Å²) < 4.78 is 0. The van der Waals surface area contributed by atoms with Crippen LogP contribution in [-0.2, 0) is 24.2 Å². The maximum atomic E-state index is 11.8. The molecule has 0 saturated heterocycles. The Balaban J connectivity index is 1.88. The van der Waals surface area contributed by atoms with E-state index in [-0.39, 0.29) is 5.92 Å². The van der Waals surface area contributed by atoms with Crippen LogP contribution >= 0.6 is 0 Å². The van der Waals surface area contributed by atoms with Gasteiger partial charge in [-0.1, -0.05) is 32.0 Å². The Bertz CT molecular complexity index is 540. The van der Waals surface area contributed by atoms with E-state index in [2.05, 4.69) is 22.8 Å². The third-order valence-electron chi connectivity index (χ3n) is 3.84. The van der Waals surface area contributed by atoms with Gasteiger partial charge in [-0.25, -0.2) is 9.59 Å². The van der Waals surface area contributed by atoms with E-state index >= 15 is 0 Å². The zero-order valence-corrected chi connectivity index (χ0v) is 12.5. The van der Waals surface area contributed by atoms with Crippen LogP contribution in [0.3, 0.4) is 0 Å².